The fraction of sp³-hybridized carbons (Fsp3) is 0.375. The van der Waals surface area contributed by atoms with Crippen LogP contribution in [0.3, 0.4) is 0 Å². The van der Waals surface area contributed by atoms with Crippen molar-refractivity contribution < 1.29 is 0 Å². The number of aryl methyl sites for hydroxylation is 1. The molecule has 0 unspecified atom stereocenters. The van der Waals surface area contributed by atoms with Gasteiger partial charge in [0.25, 0.3) is 0 Å². The smallest absolute Gasteiger partial charge is 0.0950 e. The zero-order valence-corrected chi connectivity index (χ0v) is 6.25. The maximum Gasteiger partial charge on any atom is 0.0950 e. The van der Waals surface area contributed by atoms with E-state index in [0.29, 0.717) is 0 Å². The Morgan fingerprint density at radius 1 is 1.80 bits per heavy atom. The number of aromatic nitrogens is 2. The van der Waals surface area contributed by atoms with Crippen LogP contribution in [0.15, 0.2) is 19.1 Å². The van der Waals surface area contributed by atoms with Gasteiger partial charge in [-0.15, -0.1) is 0 Å². The number of imidazole rings is 1. The van der Waals surface area contributed by atoms with E-state index in [4.69, 9.17) is 0 Å². The molecule has 1 aromatic rings. The molecule has 0 aromatic carbocycles. The highest BCUT2D eigenvalue weighted by molar-refractivity contribution is 5.40. The molecule has 0 aliphatic heterocycles. The van der Waals surface area contributed by atoms with Gasteiger partial charge in [0.2, 0.25) is 0 Å². The van der Waals surface area contributed by atoms with Crippen molar-refractivity contribution in [3.63, 3.8) is 0 Å². The molecule has 0 fully saturated rings. The molecule has 0 aliphatic carbocycles. The van der Waals surface area contributed by atoms with Gasteiger partial charge in [0.1, 0.15) is 0 Å². The first-order valence-corrected chi connectivity index (χ1v) is 3.51. The largest absolute Gasteiger partial charge is 0.331 e. The Hall–Kier alpha value is -1.05. The van der Waals surface area contributed by atoms with Crippen LogP contribution in [0.1, 0.15) is 19.0 Å². The molecule has 1 heterocycles. The molecule has 0 aliphatic rings. The van der Waals surface area contributed by atoms with Gasteiger partial charge < -0.3 is 4.57 Å². The third-order valence-corrected chi connectivity index (χ3v) is 1.42. The fourth-order valence-corrected chi connectivity index (χ4v) is 0.929. The number of nitrogens with zero attached hydrogens (tertiary/aromatic N) is 2. The second kappa shape index (κ2) is 3.20. The predicted octanol–water partition coefficient (Wildman–Crippen LogP) is 1.94. The van der Waals surface area contributed by atoms with E-state index in [-0.39, 0.29) is 0 Å². The molecule has 10 heavy (non-hydrogen) atoms. The molecule has 0 saturated carbocycles. The minimum Gasteiger partial charge on any atom is -0.331 e. The third kappa shape index (κ3) is 1.26. The molecule has 0 atom stereocenters. The van der Waals surface area contributed by atoms with Crippen LogP contribution in [0.25, 0.3) is 6.08 Å². The van der Waals surface area contributed by atoms with Crippen LogP contribution in [0, 0.1) is 0 Å². The average molecular weight is 136 g/mol. The van der Waals surface area contributed by atoms with E-state index in [0.717, 1.165) is 18.7 Å². The lowest BCUT2D eigenvalue weighted by Crippen LogP contribution is -1.95. The molecule has 2 nitrogen and oxygen atoms in total. The van der Waals surface area contributed by atoms with E-state index in [2.05, 4.69) is 23.1 Å². The molecule has 1 rings (SSSR count). The first kappa shape index (κ1) is 7.06. The van der Waals surface area contributed by atoms with Gasteiger partial charge in [-0.3, -0.25) is 0 Å². The summed E-state index contributed by atoms with van der Waals surface area (Å²) >= 11 is 0. The van der Waals surface area contributed by atoms with Crippen molar-refractivity contribution in [2.75, 3.05) is 0 Å². The Labute approximate surface area is 61.2 Å². The van der Waals surface area contributed by atoms with Crippen LogP contribution >= 0.6 is 0 Å². The maximum absolute atomic E-state index is 4.00. The summed E-state index contributed by atoms with van der Waals surface area (Å²) in [6.07, 6.45) is 6.61. The molecule has 0 N–H and O–H groups in total. The predicted molar refractivity (Wildman–Crippen MR) is 42.6 cm³/mol. The molecule has 54 valence electrons. The molecule has 0 bridgehead atoms. The van der Waals surface area contributed by atoms with Gasteiger partial charge in [0.05, 0.1) is 18.2 Å². The van der Waals surface area contributed by atoms with Crippen LogP contribution in [0.5, 0.6) is 0 Å². The monoisotopic (exact) mass is 136 g/mol. The summed E-state index contributed by atoms with van der Waals surface area (Å²) in [6.45, 7) is 6.86. The van der Waals surface area contributed by atoms with Gasteiger partial charge in [0.15, 0.2) is 0 Å². The van der Waals surface area contributed by atoms with E-state index in [1.165, 1.54) is 0 Å². The molecule has 1 aromatic heterocycles. The lowest BCUT2D eigenvalue weighted by Gasteiger charge is -2.00. The van der Waals surface area contributed by atoms with Crippen molar-refractivity contribution in [1.29, 1.82) is 0 Å². The molecule has 0 spiro atoms. The van der Waals surface area contributed by atoms with Crippen molar-refractivity contribution in [3.8, 4) is 0 Å². The van der Waals surface area contributed by atoms with E-state index < -0.39 is 0 Å². The summed E-state index contributed by atoms with van der Waals surface area (Å²) in [5.41, 5.74) is 1.10. The molecular weight excluding hydrogens is 124 g/mol. The van der Waals surface area contributed by atoms with Crippen LogP contribution in [-0.2, 0) is 6.54 Å². The topological polar surface area (TPSA) is 17.8 Å². The minimum absolute atomic E-state index is 1.03. The highest BCUT2D eigenvalue weighted by Gasteiger charge is 1.93. The first-order chi connectivity index (χ1) is 4.88. The number of hydrogen-bond acceptors (Lipinski definition) is 1. The van der Waals surface area contributed by atoms with E-state index in [9.17, 15) is 0 Å². The van der Waals surface area contributed by atoms with Crippen LogP contribution < -0.4 is 0 Å². The van der Waals surface area contributed by atoms with Gasteiger partial charge in [-0.2, -0.15) is 0 Å². The molecular formula is C8H12N2. The summed E-state index contributed by atoms with van der Waals surface area (Å²) in [7, 11) is 0. The van der Waals surface area contributed by atoms with Gasteiger partial charge in [0, 0.05) is 6.54 Å². The standard InChI is InChI=1S/C8H12N2/c1-3-5-10-7-9-6-8(10)4-2/h4,6-7H,2-3,5H2,1H3. The third-order valence-electron chi connectivity index (χ3n) is 1.42. The van der Waals surface area contributed by atoms with Crippen molar-refractivity contribution in [2.24, 2.45) is 0 Å². The highest BCUT2D eigenvalue weighted by atomic mass is 15.0. The Kier molecular flexibility index (Phi) is 2.26. The van der Waals surface area contributed by atoms with E-state index in [1.807, 2.05) is 18.6 Å². The lowest BCUT2D eigenvalue weighted by atomic mass is 10.4. The van der Waals surface area contributed by atoms with Gasteiger partial charge in [-0.25, -0.2) is 4.98 Å². The second-order valence-electron chi connectivity index (χ2n) is 2.22. The minimum atomic E-state index is 1.03. The Morgan fingerprint density at radius 2 is 2.60 bits per heavy atom. The quantitative estimate of drug-likeness (QED) is 0.621. The number of rotatable bonds is 3. The van der Waals surface area contributed by atoms with E-state index >= 15 is 0 Å². The Morgan fingerprint density at radius 3 is 3.20 bits per heavy atom. The summed E-state index contributed by atoms with van der Waals surface area (Å²) in [4.78, 5) is 4.00. The SMILES string of the molecule is C=Cc1cncn1CCC. The lowest BCUT2D eigenvalue weighted by molar-refractivity contribution is 0.673. The van der Waals surface area contributed by atoms with Gasteiger partial charge in [-0.05, 0) is 12.5 Å². The zero-order chi connectivity index (χ0) is 7.40. The average Bonchev–Trinajstić information content (AvgIpc) is 2.36. The van der Waals surface area contributed by atoms with Crippen molar-refractivity contribution in [1.82, 2.24) is 9.55 Å². The van der Waals surface area contributed by atoms with Crippen LogP contribution in [0.2, 0.25) is 0 Å². The van der Waals surface area contributed by atoms with E-state index in [1.54, 1.807) is 0 Å². The van der Waals surface area contributed by atoms with Crippen LogP contribution in [-0.4, -0.2) is 9.55 Å². The van der Waals surface area contributed by atoms with Gasteiger partial charge in [-0.1, -0.05) is 13.5 Å². The Balaban J connectivity index is 2.79. The van der Waals surface area contributed by atoms with Crippen molar-refractivity contribution in [2.45, 2.75) is 19.9 Å². The van der Waals surface area contributed by atoms with Crippen molar-refractivity contribution in [3.05, 3.63) is 24.8 Å². The first-order valence-electron chi connectivity index (χ1n) is 3.51. The second-order valence-corrected chi connectivity index (χ2v) is 2.22. The Bertz CT molecular complexity index is 213. The molecule has 0 radical (unpaired) electrons. The number of hydrogen-bond donors (Lipinski definition) is 0. The summed E-state index contributed by atoms with van der Waals surface area (Å²) < 4.78 is 2.09. The normalized spacial score (nSPS) is 9.70. The summed E-state index contributed by atoms with van der Waals surface area (Å²) in [6, 6.07) is 0. The summed E-state index contributed by atoms with van der Waals surface area (Å²) in [5.74, 6) is 0. The van der Waals surface area contributed by atoms with Crippen molar-refractivity contribution >= 4 is 6.08 Å². The molecule has 2 heteroatoms. The zero-order valence-electron chi connectivity index (χ0n) is 6.25. The summed E-state index contributed by atoms with van der Waals surface area (Å²) in [5, 5.41) is 0. The molecule has 0 amide bonds. The molecule has 0 saturated heterocycles. The highest BCUT2D eigenvalue weighted by Crippen LogP contribution is 2.00. The van der Waals surface area contributed by atoms with Gasteiger partial charge >= 0.3 is 0 Å². The fourth-order valence-electron chi connectivity index (χ4n) is 0.929. The van der Waals surface area contributed by atoms with Crippen LogP contribution in [0.4, 0.5) is 0 Å². The maximum atomic E-state index is 4.00.